The molecule has 0 saturated carbocycles. The molecule has 1 aliphatic heterocycles. The van der Waals surface area contributed by atoms with Crippen molar-refractivity contribution in [1.82, 2.24) is 20.0 Å². The number of pyridine rings is 1. The fraction of sp³-hybridized carbons (Fsp3) is 0.222. The summed E-state index contributed by atoms with van der Waals surface area (Å²) in [5, 5.41) is 17.9. The minimum Gasteiger partial charge on any atom is -0.481 e. The molecule has 0 bridgehead atoms. The van der Waals surface area contributed by atoms with Crippen LogP contribution in [0.25, 0.3) is 5.82 Å². The number of aromatic nitrogens is 4. The predicted octanol–water partition coefficient (Wildman–Crippen LogP) is 0.622. The number of hydrogen-bond donors (Lipinski definition) is 1. The van der Waals surface area contributed by atoms with Gasteiger partial charge in [-0.25, -0.2) is 0 Å². The SMILES string of the molecule is COc1cccc(-n2nnc(C(=O)Cc3ccc4c(c3)B(O)OC4)c2C)n1. The second kappa shape index (κ2) is 6.94. The molecule has 8 nitrogen and oxygen atoms in total. The van der Waals surface area contributed by atoms with E-state index in [2.05, 4.69) is 15.3 Å². The number of methoxy groups -OCH3 is 1. The van der Waals surface area contributed by atoms with E-state index in [4.69, 9.17) is 9.39 Å². The van der Waals surface area contributed by atoms with E-state index in [1.54, 1.807) is 31.2 Å². The minimum absolute atomic E-state index is 0.157. The maximum atomic E-state index is 12.7. The fourth-order valence-electron chi connectivity index (χ4n) is 3.08. The lowest BCUT2D eigenvalue weighted by Crippen LogP contribution is -2.28. The molecule has 1 aromatic carbocycles. The van der Waals surface area contributed by atoms with E-state index < -0.39 is 7.12 Å². The van der Waals surface area contributed by atoms with Gasteiger partial charge in [-0.1, -0.05) is 29.5 Å². The Labute approximate surface area is 155 Å². The summed E-state index contributed by atoms with van der Waals surface area (Å²) in [5.41, 5.74) is 3.32. The fourth-order valence-corrected chi connectivity index (χ4v) is 3.08. The summed E-state index contributed by atoms with van der Waals surface area (Å²) in [5.74, 6) is 0.820. The maximum absolute atomic E-state index is 12.7. The number of carbonyl (C=O) groups excluding carboxylic acids is 1. The number of ketones is 1. The van der Waals surface area contributed by atoms with E-state index in [0.29, 0.717) is 29.5 Å². The highest BCUT2D eigenvalue weighted by atomic mass is 16.5. The van der Waals surface area contributed by atoms with Gasteiger partial charge in [-0.05, 0) is 29.6 Å². The average molecular weight is 364 g/mol. The molecule has 2 aromatic heterocycles. The van der Waals surface area contributed by atoms with Gasteiger partial charge in [0.2, 0.25) is 5.88 Å². The Kier molecular flexibility index (Phi) is 4.47. The van der Waals surface area contributed by atoms with E-state index >= 15 is 0 Å². The summed E-state index contributed by atoms with van der Waals surface area (Å²) in [7, 11) is 0.602. The summed E-state index contributed by atoms with van der Waals surface area (Å²) < 4.78 is 11.8. The van der Waals surface area contributed by atoms with Gasteiger partial charge in [-0.2, -0.15) is 9.67 Å². The minimum atomic E-state index is -0.934. The Morgan fingerprint density at radius 1 is 1.37 bits per heavy atom. The van der Waals surface area contributed by atoms with Crippen LogP contribution >= 0.6 is 0 Å². The summed E-state index contributed by atoms with van der Waals surface area (Å²) >= 11 is 0. The van der Waals surface area contributed by atoms with E-state index in [9.17, 15) is 9.82 Å². The van der Waals surface area contributed by atoms with Crippen LogP contribution in [0.1, 0.15) is 27.3 Å². The first-order chi connectivity index (χ1) is 13.1. The second-order valence-electron chi connectivity index (χ2n) is 6.27. The monoisotopic (exact) mass is 364 g/mol. The first-order valence-corrected chi connectivity index (χ1v) is 8.45. The Morgan fingerprint density at radius 3 is 3.04 bits per heavy atom. The Morgan fingerprint density at radius 2 is 2.22 bits per heavy atom. The van der Waals surface area contributed by atoms with Crippen molar-refractivity contribution in [3.63, 3.8) is 0 Å². The number of fused-ring (bicyclic) bond motifs is 1. The summed E-state index contributed by atoms with van der Waals surface area (Å²) in [4.78, 5) is 17.0. The van der Waals surface area contributed by atoms with Crippen LogP contribution in [0.4, 0.5) is 0 Å². The first kappa shape index (κ1) is 17.4. The molecule has 0 atom stereocenters. The van der Waals surface area contributed by atoms with Crippen molar-refractivity contribution < 1.29 is 19.2 Å². The summed E-state index contributed by atoms with van der Waals surface area (Å²) in [6.45, 7) is 2.15. The third-order valence-electron chi connectivity index (χ3n) is 4.53. The quantitative estimate of drug-likeness (QED) is 0.523. The molecule has 3 aromatic rings. The molecule has 0 radical (unpaired) electrons. The highest BCUT2D eigenvalue weighted by Gasteiger charge is 2.27. The molecule has 136 valence electrons. The van der Waals surface area contributed by atoms with Crippen molar-refractivity contribution in [2.24, 2.45) is 0 Å². The van der Waals surface area contributed by atoms with Crippen molar-refractivity contribution in [3.8, 4) is 11.7 Å². The van der Waals surface area contributed by atoms with Crippen LogP contribution in [0.15, 0.2) is 36.4 Å². The van der Waals surface area contributed by atoms with Gasteiger partial charge in [-0.15, -0.1) is 5.10 Å². The predicted molar refractivity (Wildman–Crippen MR) is 97.3 cm³/mol. The Hall–Kier alpha value is -3.04. The molecule has 0 aliphatic carbocycles. The van der Waals surface area contributed by atoms with Gasteiger partial charge in [0, 0.05) is 12.5 Å². The lowest BCUT2D eigenvalue weighted by atomic mass is 9.78. The largest absolute Gasteiger partial charge is 0.491 e. The van der Waals surface area contributed by atoms with Crippen molar-refractivity contribution in [2.75, 3.05) is 7.11 Å². The number of benzene rings is 1. The molecule has 0 unspecified atom stereocenters. The van der Waals surface area contributed by atoms with Crippen LogP contribution in [0.2, 0.25) is 0 Å². The topological polar surface area (TPSA) is 99.4 Å². The van der Waals surface area contributed by atoms with Gasteiger partial charge < -0.3 is 14.4 Å². The Bertz CT molecular complexity index is 1020. The van der Waals surface area contributed by atoms with Crippen molar-refractivity contribution >= 4 is 18.4 Å². The molecule has 0 spiro atoms. The standard InChI is InChI=1S/C18H17BN4O4/c1-11-18(21-22-23(11)16-4-3-5-17(20-16)26-2)15(24)9-12-6-7-13-10-27-19(25)14(13)8-12/h3-8,25H,9-10H2,1-2H3. The van der Waals surface area contributed by atoms with Crippen LogP contribution < -0.4 is 10.2 Å². The van der Waals surface area contributed by atoms with Gasteiger partial charge in [0.05, 0.1) is 19.4 Å². The molecule has 1 N–H and O–H groups in total. The highest BCUT2D eigenvalue weighted by molar-refractivity contribution is 6.61. The van der Waals surface area contributed by atoms with E-state index in [0.717, 1.165) is 11.1 Å². The van der Waals surface area contributed by atoms with Crippen molar-refractivity contribution in [3.05, 3.63) is 58.9 Å². The number of Topliss-reactive ketones (excluding diaryl/α,β-unsaturated/α-hetero) is 1. The number of nitrogens with zero attached hydrogens (tertiary/aromatic N) is 4. The number of ether oxygens (including phenoxy) is 1. The van der Waals surface area contributed by atoms with Crippen LogP contribution in [-0.2, 0) is 17.7 Å². The first-order valence-electron chi connectivity index (χ1n) is 8.45. The molecule has 9 heteroatoms. The normalized spacial score (nSPS) is 12.9. The summed E-state index contributed by atoms with van der Waals surface area (Å²) in [6.07, 6.45) is 0.158. The third kappa shape index (κ3) is 3.22. The van der Waals surface area contributed by atoms with Gasteiger partial charge in [0.1, 0.15) is 0 Å². The zero-order chi connectivity index (χ0) is 19.0. The van der Waals surface area contributed by atoms with Crippen molar-refractivity contribution in [2.45, 2.75) is 20.0 Å². The lowest BCUT2D eigenvalue weighted by molar-refractivity contribution is 0.0987. The van der Waals surface area contributed by atoms with Crippen LogP contribution in [0.3, 0.4) is 0 Å². The number of hydrogen-bond acceptors (Lipinski definition) is 7. The highest BCUT2D eigenvalue weighted by Crippen LogP contribution is 2.17. The molecule has 1 aliphatic rings. The van der Waals surface area contributed by atoms with Crippen molar-refractivity contribution in [1.29, 1.82) is 0 Å². The van der Waals surface area contributed by atoms with Crippen LogP contribution in [-0.4, -0.2) is 45.0 Å². The summed E-state index contributed by atoms with van der Waals surface area (Å²) in [6, 6.07) is 10.8. The van der Waals surface area contributed by atoms with E-state index in [-0.39, 0.29) is 17.9 Å². The molecule has 4 rings (SSSR count). The molecule has 0 saturated heterocycles. The average Bonchev–Trinajstić information content (AvgIpc) is 3.25. The maximum Gasteiger partial charge on any atom is 0.491 e. The van der Waals surface area contributed by atoms with Gasteiger partial charge >= 0.3 is 7.12 Å². The van der Waals surface area contributed by atoms with Crippen LogP contribution in [0.5, 0.6) is 5.88 Å². The molecule has 3 heterocycles. The second-order valence-corrected chi connectivity index (χ2v) is 6.27. The third-order valence-corrected chi connectivity index (χ3v) is 4.53. The van der Waals surface area contributed by atoms with Crippen LogP contribution in [0, 0.1) is 6.92 Å². The molecule has 0 fully saturated rings. The van der Waals surface area contributed by atoms with E-state index in [1.165, 1.54) is 11.8 Å². The smallest absolute Gasteiger partial charge is 0.481 e. The zero-order valence-electron chi connectivity index (χ0n) is 14.9. The molecule has 27 heavy (non-hydrogen) atoms. The van der Waals surface area contributed by atoms with Gasteiger partial charge in [-0.3, -0.25) is 4.79 Å². The molecule has 0 amide bonds. The van der Waals surface area contributed by atoms with E-state index in [1.807, 2.05) is 12.1 Å². The lowest BCUT2D eigenvalue weighted by Gasteiger charge is -2.05. The van der Waals surface area contributed by atoms with Gasteiger partial charge in [0.25, 0.3) is 0 Å². The number of rotatable bonds is 5. The Balaban J connectivity index is 1.58. The number of carbonyl (C=O) groups is 1. The molecular weight excluding hydrogens is 347 g/mol. The van der Waals surface area contributed by atoms with Gasteiger partial charge in [0.15, 0.2) is 17.3 Å². The zero-order valence-corrected chi connectivity index (χ0v) is 14.9. The molecular formula is C18H17BN4O4.